The summed E-state index contributed by atoms with van der Waals surface area (Å²) in [5.41, 5.74) is 1.55. The first-order valence-corrected chi connectivity index (χ1v) is 9.04. The number of hydrogen-bond donors (Lipinski definition) is 1. The van der Waals surface area contributed by atoms with Gasteiger partial charge in [0.2, 0.25) is 11.8 Å². The number of ether oxygens (including phenoxy) is 1. The highest BCUT2D eigenvalue weighted by Gasteiger charge is 2.25. The van der Waals surface area contributed by atoms with Crippen LogP contribution in [0.4, 0.5) is 5.82 Å². The number of nitrogens with zero attached hydrogens (tertiary/aromatic N) is 4. The molecule has 0 atom stereocenters. The molecule has 0 saturated heterocycles. The van der Waals surface area contributed by atoms with Crippen molar-refractivity contribution in [1.29, 1.82) is 0 Å². The predicted octanol–water partition coefficient (Wildman–Crippen LogP) is 2.13. The van der Waals surface area contributed by atoms with Gasteiger partial charge < -0.3 is 10.1 Å². The third-order valence-electron chi connectivity index (χ3n) is 4.32. The van der Waals surface area contributed by atoms with Gasteiger partial charge in [-0.3, -0.25) is 9.59 Å². The van der Waals surface area contributed by atoms with Crippen LogP contribution in [0.25, 0.3) is 0 Å². The summed E-state index contributed by atoms with van der Waals surface area (Å²) in [6.07, 6.45) is 3.46. The fourth-order valence-electron chi connectivity index (χ4n) is 2.71. The van der Waals surface area contributed by atoms with Crippen LogP contribution >= 0.6 is 0 Å². The first-order chi connectivity index (χ1) is 13.7. The summed E-state index contributed by atoms with van der Waals surface area (Å²) < 4.78 is 6.81. The van der Waals surface area contributed by atoms with Gasteiger partial charge in [-0.25, -0.2) is 14.6 Å². The van der Waals surface area contributed by atoms with Crippen molar-refractivity contribution in [2.75, 3.05) is 5.32 Å². The highest BCUT2D eigenvalue weighted by atomic mass is 16.5. The Labute approximate surface area is 161 Å². The van der Waals surface area contributed by atoms with Crippen molar-refractivity contribution in [2.45, 2.75) is 31.9 Å². The molecule has 28 heavy (non-hydrogen) atoms. The Morgan fingerprint density at radius 1 is 1.14 bits per heavy atom. The maximum Gasteiger partial charge on any atom is 0.267 e. The second-order valence-corrected chi connectivity index (χ2v) is 6.59. The smallest absolute Gasteiger partial charge is 0.267 e. The van der Waals surface area contributed by atoms with Crippen LogP contribution in [0.15, 0.2) is 59.7 Å². The summed E-state index contributed by atoms with van der Waals surface area (Å²) in [6.45, 7) is 0.183. The van der Waals surface area contributed by atoms with Gasteiger partial charge in [0.15, 0.2) is 0 Å². The van der Waals surface area contributed by atoms with Crippen LogP contribution in [0.5, 0.6) is 5.88 Å². The summed E-state index contributed by atoms with van der Waals surface area (Å²) in [7, 11) is 0. The molecule has 8 nitrogen and oxygen atoms in total. The minimum atomic E-state index is -0.393. The first-order valence-electron chi connectivity index (χ1n) is 9.04. The first kappa shape index (κ1) is 17.8. The Balaban J connectivity index is 1.38. The quantitative estimate of drug-likeness (QED) is 0.677. The summed E-state index contributed by atoms with van der Waals surface area (Å²) in [5.74, 6) is 0.658. The Bertz CT molecular complexity index is 1030. The van der Waals surface area contributed by atoms with Crippen LogP contribution in [0.3, 0.4) is 0 Å². The van der Waals surface area contributed by atoms with E-state index in [0.717, 1.165) is 24.1 Å². The Morgan fingerprint density at radius 2 is 1.96 bits per heavy atom. The van der Waals surface area contributed by atoms with Crippen LogP contribution in [0, 0.1) is 0 Å². The lowest BCUT2D eigenvalue weighted by Crippen LogP contribution is -2.29. The van der Waals surface area contributed by atoms with E-state index in [2.05, 4.69) is 20.4 Å². The minimum Gasteiger partial charge on any atom is -0.473 e. The molecule has 1 fully saturated rings. The maximum absolute atomic E-state index is 12.3. The van der Waals surface area contributed by atoms with E-state index in [9.17, 15) is 9.59 Å². The van der Waals surface area contributed by atoms with Gasteiger partial charge in [-0.05, 0) is 24.5 Å². The van der Waals surface area contributed by atoms with Gasteiger partial charge in [0.05, 0.1) is 5.69 Å². The van der Waals surface area contributed by atoms with E-state index in [1.165, 1.54) is 23.1 Å². The lowest BCUT2D eigenvalue weighted by atomic mass is 10.2. The monoisotopic (exact) mass is 377 g/mol. The number of rotatable bonds is 7. The summed E-state index contributed by atoms with van der Waals surface area (Å²) in [6, 6.07) is 14.4. The number of carbonyl (C=O) groups is 1. The van der Waals surface area contributed by atoms with E-state index in [-0.39, 0.29) is 12.1 Å². The molecule has 1 aliphatic rings. The van der Waals surface area contributed by atoms with E-state index < -0.39 is 5.91 Å². The second kappa shape index (κ2) is 7.99. The number of nitrogens with one attached hydrogen (secondary N) is 1. The average molecular weight is 377 g/mol. The molecular weight excluding hydrogens is 358 g/mol. The zero-order valence-corrected chi connectivity index (χ0v) is 15.1. The number of benzene rings is 1. The molecule has 1 aromatic carbocycles. The third-order valence-corrected chi connectivity index (χ3v) is 4.32. The molecule has 1 aliphatic carbocycles. The fraction of sp³-hybridized carbons (Fsp3) is 0.250. The van der Waals surface area contributed by atoms with Gasteiger partial charge >= 0.3 is 0 Å². The fourth-order valence-corrected chi connectivity index (χ4v) is 2.71. The molecule has 0 unspecified atom stereocenters. The molecule has 2 heterocycles. The molecule has 0 spiro atoms. The molecule has 1 saturated carbocycles. The molecule has 0 bridgehead atoms. The molecule has 8 heteroatoms. The number of amides is 1. The van der Waals surface area contributed by atoms with Gasteiger partial charge in [0.1, 0.15) is 25.3 Å². The molecule has 0 radical (unpaired) electrons. The van der Waals surface area contributed by atoms with Crippen LogP contribution in [0.1, 0.15) is 30.0 Å². The van der Waals surface area contributed by atoms with Gasteiger partial charge in [-0.15, -0.1) is 0 Å². The summed E-state index contributed by atoms with van der Waals surface area (Å²) >= 11 is 0. The lowest BCUT2D eigenvalue weighted by Gasteiger charge is -2.09. The van der Waals surface area contributed by atoms with Crippen molar-refractivity contribution >= 4 is 11.7 Å². The normalized spacial score (nSPS) is 13.1. The van der Waals surface area contributed by atoms with Crippen LogP contribution in [-0.2, 0) is 17.9 Å². The molecule has 4 rings (SSSR count). The Morgan fingerprint density at radius 3 is 2.75 bits per heavy atom. The van der Waals surface area contributed by atoms with Crippen molar-refractivity contribution in [2.24, 2.45) is 0 Å². The summed E-state index contributed by atoms with van der Waals surface area (Å²) in [5, 5.41) is 6.93. The zero-order chi connectivity index (χ0) is 19.3. The third kappa shape index (κ3) is 4.59. The lowest BCUT2D eigenvalue weighted by molar-refractivity contribution is -0.117. The average Bonchev–Trinajstić information content (AvgIpc) is 3.54. The molecule has 1 N–H and O–H groups in total. The highest BCUT2D eigenvalue weighted by Crippen LogP contribution is 2.38. The maximum atomic E-state index is 12.3. The molecule has 2 aromatic heterocycles. The van der Waals surface area contributed by atoms with Crippen molar-refractivity contribution in [1.82, 2.24) is 19.7 Å². The van der Waals surface area contributed by atoms with Crippen molar-refractivity contribution < 1.29 is 9.53 Å². The van der Waals surface area contributed by atoms with Crippen molar-refractivity contribution in [3.63, 3.8) is 0 Å². The highest BCUT2D eigenvalue weighted by molar-refractivity contribution is 5.89. The Hall–Kier alpha value is -3.55. The molecule has 0 aliphatic heterocycles. The predicted molar refractivity (Wildman–Crippen MR) is 102 cm³/mol. The van der Waals surface area contributed by atoms with Gasteiger partial charge in [-0.1, -0.05) is 30.3 Å². The van der Waals surface area contributed by atoms with Crippen LogP contribution < -0.4 is 15.6 Å². The minimum absolute atomic E-state index is 0.177. The van der Waals surface area contributed by atoms with Crippen LogP contribution in [0.2, 0.25) is 0 Å². The summed E-state index contributed by atoms with van der Waals surface area (Å²) in [4.78, 5) is 32.3. The van der Waals surface area contributed by atoms with Gasteiger partial charge in [0.25, 0.3) is 5.56 Å². The molecule has 3 aromatic rings. The SMILES string of the molecule is O=C(Cn1nc(C2CC2)ccc1=O)Nc1cc(OCc2ccccc2)ncn1. The van der Waals surface area contributed by atoms with Crippen molar-refractivity contribution in [3.8, 4) is 5.88 Å². The second-order valence-electron chi connectivity index (χ2n) is 6.59. The topological polar surface area (TPSA) is 99.0 Å². The van der Waals surface area contributed by atoms with E-state index in [4.69, 9.17) is 4.74 Å². The van der Waals surface area contributed by atoms with E-state index in [1.807, 2.05) is 30.3 Å². The van der Waals surface area contributed by atoms with Crippen molar-refractivity contribution in [3.05, 3.63) is 76.5 Å². The zero-order valence-electron chi connectivity index (χ0n) is 15.1. The largest absolute Gasteiger partial charge is 0.473 e. The number of hydrogen-bond acceptors (Lipinski definition) is 6. The number of carbonyl (C=O) groups excluding carboxylic acids is 1. The van der Waals surface area contributed by atoms with E-state index in [0.29, 0.717) is 24.2 Å². The number of anilines is 1. The van der Waals surface area contributed by atoms with E-state index >= 15 is 0 Å². The van der Waals surface area contributed by atoms with Gasteiger partial charge in [-0.2, -0.15) is 5.10 Å². The molecule has 1 amide bonds. The van der Waals surface area contributed by atoms with Gasteiger partial charge in [0, 0.05) is 18.1 Å². The standard InChI is InChI=1S/C20H19N5O3/c26-18(11-25-20(27)9-8-16(24-25)15-6-7-15)23-17-10-19(22-13-21-17)28-12-14-4-2-1-3-5-14/h1-5,8-10,13,15H,6-7,11-12H2,(H,21,22,23,26). The molecule has 142 valence electrons. The Kier molecular flexibility index (Phi) is 5.09. The van der Waals surface area contributed by atoms with Crippen LogP contribution in [-0.4, -0.2) is 25.7 Å². The molecular formula is C20H19N5O3. The van der Waals surface area contributed by atoms with E-state index in [1.54, 1.807) is 6.07 Å². The number of aromatic nitrogens is 4.